The molecule has 0 unspecified atom stereocenters. The van der Waals surface area contributed by atoms with Crippen molar-refractivity contribution >= 4 is 5.91 Å². The molecule has 1 rings (SSSR count). The Labute approximate surface area is 108 Å². The SMILES string of the molecule is C=C(C)COc1ccccc1C(=O)NCCOC. The zero-order valence-corrected chi connectivity index (χ0v) is 10.9. The quantitative estimate of drug-likeness (QED) is 0.594. The molecule has 4 nitrogen and oxygen atoms in total. The maximum Gasteiger partial charge on any atom is 0.255 e. The first-order valence-electron chi connectivity index (χ1n) is 5.78. The van der Waals surface area contributed by atoms with Gasteiger partial charge in [-0.2, -0.15) is 0 Å². The lowest BCUT2D eigenvalue weighted by Crippen LogP contribution is -2.27. The minimum atomic E-state index is -0.163. The number of amides is 1. The lowest BCUT2D eigenvalue weighted by atomic mass is 10.2. The van der Waals surface area contributed by atoms with E-state index in [2.05, 4.69) is 11.9 Å². The van der Waals surface area contributed by atoms with Crippen LogP contribution in [0.1, 0.15) is 17.3 Å². The maximum absolute atomic E-state index is 11.9. The number of methoxy groups -OCH3 is 1. The normalized spacial score (nSPS) is 9.89. The number of carbonyl (C=O) groups excluding carboxylic acids is 1. The molecule has 0 heterocycles. The van der Waals surface area contributed by atoms with Gasteiger partial charge in [-0.25, -0.2) is 0 Å². The van der Waals surface area contributed by atoms with Crippen molar-refractivity contribution in [2.75, 3.05) is 26.9 Å². The van der Waals surface area contributed by atoms with E-state index in [0.29, 0.717) is 31.1 Å². The van der Waals surface area contributed by atoms with Crippen molar-refractivity contribution in [2.24, 2.45) is 0 Å². The Morgan fingerprint density at radius 3 is 2.78 bits per heavy atom. The van der Waals surface area contributed by atoms with Crippen molar-refractivity contribution in [3.05, 3.63) is 42.0 Å². The summed E-state index contributed by atoms with van der Waals surface area (Å²) in [6.07, 6.45) is 0. The van der Waals surface area contributed by atoms with E-state index in [9.17, 15) is 4.79 Å². The summed E-state index contributed by atoms with van der Waals surface area (Å²) in [7, 11) is 1.59. The summed E-state index contributed by atoms with van der Waals surface area (Å²) in [5.74, 6) is 0.403. The standard InChI is InChI=1S/C14H19NO3/c1-11(2)10-18-13-7-5-4-6-12(13)14(16)15-8-9-17-3/h4-7H,1,8-10H2,2-3H3,(H,15,16). The fourth-order valence-corrected chi connectivity index (χ4v) is 1.34. The van der Waals surface area contributed by atoms with Gasteiger partial charge in [0.2, 0.25) is 0 Å². The van der Waals surface area contributed by atoms with E-state index in [4.69, 9.17) is 9.47 Å². The lowest BCUT2D eigenvalue weighted by Gasteiger charge is -2.11. The summed E-state index contributed by atoms with van der Waals surface area (Å²) in [6, 6.07) is 7.14. The van der Waals surface area contributed by atoms with E-state index >= 15 is 0 Å². The first-order chi connectivity index (χ1) is 8.65. The van der Waals surface area contributed by atoms with Crippen LogP contribution in [0.4, 0.5) is 0 Å². The van der Waals surface area contributed by atoms with Crippen LogP contribution in [-0.2, 0) is 4.74 Å². The second-order valence-corrected chi connectivity index (χ2v) is 3.99. The molecule has 1 aromatic carbocycles. The number of nitrogens with one attached hydrogen (secondary N) is 1. The Bertz CT molecular complexity index is 415. The smallest absolute Gasteiger partial charge is 0.255 e. The van der Waals surface area contributed by atoms with Gasteiger partial charge in [0.15, 0.2) is 0 Å². The molecule has 0 saturated carbocycles. The van der Waals surface area contributed by atoms with E-state index in [-0.39, 0.29) is 5.91 Å². The molecule has 0 fully saturated rings. The van der Waals surface area contributed by atoms with Crippen LogP contribution in [0.2, 0.25) is 0 Å². The Kier molecular flexibility index (Phi) is 5.94. The van der Waals surface area contributed by atoms with Crippen LogP contribution < -0.4 is 10.1 Å². The Morgan fingerprint density at radius 2 is 2.11 bits per heavy atom. The average Bonchev–Trinajstić information content (AvgIpc) is 2.37. The Hall–Kier alpha value is -1.81. The third kappa shape index (κ3) is 4.59. The van der Waals surface area contributed by atoms with Crippen molar-refractivity contribution in [2.45, 2.75) is 6.92 Å². The van der Waals surface area contributed by atoms with Gasteiger partial charge < -0.3 is 14.8 Å². The van der Waals surface area contributed by atoms with Gasteiger partial charge in [-0.1, -0.05) is 18.7 Å². The van der Waals surface area contributed by atoms with Gasteiger partial charge in [-0.15, -0.1) is 0 Å². The molecular weight excluding hydrogens is 230 g/mol. The second kappa shape index (κ2) is 7.50. The highest BCUT2D eigenvalue weighted by Crippen LogP contribution is 2.18. The number of hydrogen-bond acceptors (Lipinski definition) is 3. The molecule has 0 aliphatic heterocycles. The first-order valence-corrected chi connectivity index (χ1v) is 5.78. The predicted molar refractivity (Wildman–Crippen MR) is 71.0 cm³/mol. The number of para-hydroxylation sites is 1. The summed E-state index contributed by atoms with van der Waals surface area (Å²) in [6.45, 7) is 7.01. The molecule has 1 N–H and O–H groups in total. The van der Waals surface area contributed by atoms with Crippen LogP contribution >= 0.6 is 0 Å². The van der Waals surface area contributed by atoms with Crippen molar-refractivity contribution in [3.63, 3.8) is 0 Å². The number of benzene rings is 1. The van der Waals surface area contributed by atoms with Crippen LogP contribution in [0.25, 0.3) is 0 Å². The molecule has 0 radical (unpaired) electrons. The average molecular weight is 249 g/mol. The zero-order chi connectivity index (χ0) is 13.4. The molecule has 0 aliphatic carbocycles. The van der Waals surface area contributed by atoms with E-state index in [1.165, 1.54) is 0 Å². The van der Waals surface area contributed by atoms with Crippen molar-refractivity contribution < 1.29 is 14.3 Å². The number of ether oxygens (including phenoxy) is 2. The predicted octanol–water partition coefficient (Wildman–Crippen LogP) is 2.02. The monoisotopic (exact) mass is 249 g/mol. The number of carbonyl (C=O) groups is 1. The van der Waals surface area contributed by atoms with Gasteiger partial charge in [-0.05, 0) is 24.6 Å². The molecule has 0 aromatic heterocycles. The van der Waals surface area contributed by atoms with Gasteiger partial charge in [0, 0.05) is 13.7 Å². The van der Waals surface area contributed by atoms with Crippen molar-refractivity contribution in [1.82, 2.24) is 5.32 Å². The minimum Gasteiger partial charge on any atom is -0.488 e. The van der Waals surface area contributed by atoms with E-state index < -0.39 is 0 Å². The van der Waals surface area contributed by atoms with Gasteiger partial charge >= 0.3 is 0 Å². The number of rotatable bonds is 7. The fourth-order valence-electron chi connectivity index (χ4n) is 1.34. The summed E-state index contributed by atoms with van der Waals surface area (Å²) >= 11 is 0. The highest BCUT2D eigenvalue weighted by molar-refractivity contribution is 5.96. The minimum absolute atomic E-state index is 0.163. The van der Waals surface area contributed by atoms with E-state index in [1.54, 1.807) is 25.3 Å². The third-order valence-corrected chi connectivity index (χ3v) is 2.20. The molecular formula is C14H19NO3. The molecule has 1 amide bonds. The molecule has 1 aromatic rings. The highest BCUT2D eigenvalue weighted by atomic mass is 16.5. The van der Waals surface area contributed by atoms with Gasteiger partial charge in [0.05, 0.1) is 12.2 Å². The van der Waals surface area contributed by atoms with Crippen LogP contribution in [0.3, 0.4) is 0 Å². The summed E-state index contributed by atoms with van der Waals surface area (Å²) in [4.78, 5) is 11.9. The maximum atomic E-state index is 11.9. The summed E-state index contributed by atoms with van der Waals surface area (Å²) in [5.41, 5.74) is 1.43. The van der Waals surface area contributed by atoms with Crippen molar-refractivity contribution in [3.8, 4) is 5.75 Å². The molecule has 0 atom stereocenters. The highest BCUT2D eigenvalue weighted by Gasteiger charge is 2.11. The van der Waals surface area contributed by atoms with Crippen LogP contribution in [0.15, 0.2) is 36.4 Å². The third-order valence-electron chi connectivity index (χ3n) is 2.20. The largest absolute Gasteiger partial charge is 0.488 e. The van der Waals surface area contributed by atoms with Gasteiger partial charge in [0.25, 0.3) is 5.91 Å². The van der Waals surface area contributed by atoms with Crippen molar-refractivity contribution in [1.29, 1.82) is 0 Å². The molecule has 4 heteroatoms. The van der Waals surface area contributed by atoms with E-state index in [1.807, 2.05) is 13.0 Å². The first kappa shape index (κ1) is 14.3. The molecule has 0 aliphatic rings. The second-order valence-electron chi connectivity index (χ2n) is 3.99. The molecule has 0 spiro atoms. The molecule has 18 heavy (non-hydrogen) atoms. The summed E-state index contributed by atoms with van der Waals surface area (Å²) in [5, 5.41) is 2.76. The molecule has 0 saturated heterocycles. The molecule has 0 bridgehead atoms. The van der Waals surface area contributed by atoms with Gasteiger partial charge in [-0.3, -0.25) is 4.79 Å². The topological polar surface area (TPSA) is 47.6 Å². The lowest BCUT2D eigenvalue weighted by molar-refractivity contribution is 0.0933. The van der Waals surface area contributed by atoms with Crippen LogP contribution in [0.5, 0.6) is 5.75 Å². The molecule has 98 valence electrons. The number of hydrogen-bond donors (Lipinski definition) is 1. The van der Waals surface area contributed by atoms with Crippen LogP contribution in [-0.4, -0.2) is 32.8 Å². The zero-order valence-electron chi connectivity index (χ0n) is 10.9. The fraction of sp³-hybridized carbons (Fsp3) is 0.357. The summed E-state index contributed by atoms with van der Waals surface area (Å²) < 4.78 is 10.4. The van der Waals surface area contributed by atoms with Gasteiger partial charge in [0.1, 0.15) is 12.4 Å². The van der Waals surface area contributed by atoms with Crippen LogP contribution in [0, 0.1) is 0 Å². The Morgan fingerprint density at radius 1 is 1.39 bits per heavy atom. The Balaban J connectivity index is 2.68. The van der Waals surface area contributed by atoms with E-state index in [0.717, 1.165) is 5.57 Å².